The van der Waals surface area contributed by atoms with E-state index in [0.717, 1.165) is 48.1 Å². The van der Waals surface area contributed by atoms with Crippen molar-refractivity contribution in [3.8, 4) is 5.75 Å². The quantitative estimate of drug-likeness (QED) is 0.716. The first-order valence-electron chi connectivity index (χ1n) is 5.92. The number of nitrogens with one attached hydrogen (secondary N) is 1. The summed E-state index contributed by atoms with van der Waals surface area (Å²) in [5, 5.41) is 12.0. The van der Waals surface area contributed by atoms with E-state index in [1.165, 1.54) is 0 Å². The minimum atomic E-state index is 0. The van der Waals surface area contributed by atoms with Gasteiger partial charge in [0, 0.05) is 23.2 Å². The van der Waals surface area contributed by atoms with E-state index in [1.807, 2.05) is 12.1 Å². The summed E-state index contributed by atoms with van der Waals surface area (Å²) in [6.07, 6.45) is 3.05. The van der Waals surface area contributed by atoms with Gasteiger partial charge in [-0.05, 0) is 44.0 Å². The first-order chi connectivity index (χ1) is 8.27. The van der Waals surface area contributed by atoms with E-state index in [4.69, 9.17) is 9.84 Å². The zero-order valence-corrected chi connectivity index (χ0v) is 13.0. The van der Waals surface area contributed by atoms with Crippen molar-refractivity contribution < 1.29 is 9.84 Å². The third kappa shape index (κ3) is 6.59. The predicted octanol–water partition coefficient (Wildman–Crippen LogP) is 3.13. The van der Waals surface area contributed by atoms with E-state index in [-0.39, 0.29) is 12.4 Å². The zero-order chi connectivity index (χ0) is 12.5. The van der Waals surface area contributed by atoms with E-state index < -0.39 is 0 Å². The highest BCUT2D eigenvalue weighted by Gasteiger charge is 2.02. The van der Waals surface area contributed by atoms with E-state index in [1.54, 1.807) is 7.11 Å². The van der Waals surface area contributed by atoms with E-state index in [0.29, 0.717) is 6.61 Å². The molecule has 5 heteroatoms. The van der Waals surface area contributed by atoms with Gasteiger partial charge in [0.25, 0.3) is 0 Å². The lowest BCUT2D eigenvalue weighted by Gasteiger charge is -2.10. The van der Waals surface area contributed by atoms with Crippen LogP contribution in [0.1, 0.15) is 24.8 Å². The fraction of sp³-hybridized carbons (Fsp3) is 0.538. The molecule has 1 aromatic rings. The van der Waals surface area contributed by atoms with Crippen LogP contribution in [0.5, 0.6) is 5.75 Å². The number of ether oxygens (including phenoxy) is 1. The van der Waals surface area contributed by atoms with Crippen LogP contribution in [0.4, 0.5) is 0 Å². The van der Waals surface area contributed by atoms with Gasteiger partial charge in [-0.3, -0.25) is 0 Å². The Balaban J connectivity index is 0.00000289. The Labute approximate surface area is 123 Å². The van der Waals surface area contributed by atoms with Crippen LogP contribution in [0, 0.1) is 0 Å². The van der Waals surface area contributed by atoms with E-state index in [9.17, 15) is 0 Å². The molecule has 2 N–H and O–H groups in total. The van der Waals surface area contributed by atoms with Gasteiger partial charge < -0.3 is 15.2 Å². The maximum Gasteiger partial charge on any atom is 0.123 e. The molecule has 0 atom stereocenters. The molecule has 0 fully saturated rings. The maximum atomic E-state index is 8.66. The second-order valence-electron chi connectivity index (χ2n) is 3.92. The number of methoxy groups -OCH3 is 1. The van der Waals surface area contributed by atoms with Crippen molar-refractivity contribution in [1.29, 1.82) is 0 Å². The average molecular weight is 339 g/mol. The molecule has 0 saturated carbocycles. The molecular formula is C13H21BrClNO2. The number of halogens is 2. The van der Waals surface area contributed by atoms with Crippen LogP contribution in [0.15, 0.2) is 22.7 Å². The lowest BCUT2D eigenvalue weighted by Crippen LogP contribution is -2.15. The number of rotatable bonds is 8. The number of hydrogen-bond acceptors (Lipinski definition) is 3. The van der Waals surface area contributed by atoms with Gasteiger partial charge in [-0.1, -0.05) is 15.9 Å². The van der Waals surface area contributed by atoms with Crippen molar-refractivity contribution >= 4 is 28.3 Å². The molecule has 0 aliphatic heterocycles. The van der Waals surface area contributed by atoms with Crippen molar-refractivity contribution in [3.05, 3.63) is 28.2 Å². The second-order valence-corrected chi connectivity index (χ2v) is 4.83. The number of benzene rings is 1. The summed E-state index contributed by atoms with van der Waals surface area (Å²) >= 11 is 3.46. The summed E-state index contributed by atoms with van der Waals surface area (Å²) < 4.78 is 6.37. The molecule has 18 heavy (non-hydrogen) atoms. The molecule has 0 aromatic heterocycles. The Morgan fingerprint density at radius 3 is 2.72 bits per heavy atom. The lowest BCUT2D eigenvalue weighted by atomic mass is 10.2. The van der Waals surface area contributed by atoms with Crippen molar-refractivity contribution in [2.75, 3.05) is 20.3 Å². The van der Waals surface area contributed by atoms with Crippen LogP contribution in [-0.4, -0.2) is 25.4 Å². The molecule has 0 amide bonds. The summed E-state index contributed by atoms with van der Waals surface area (Å²) in [5.41, 5.74) is 1.16. The molecule has 0 radical (unpaired) electrons. The fourth-order valence-corrected chi connectivity index (χ4v) is 2.06. The van der Waals surface area contributed by atoms with Gasteiger partial charge in [0.2, 0.25) is 0 Å². The fourth-order valence-electron chi connectivity index (χ4n) is 1.65. The molecule has 3 nitrogen and oxygen atoms in total. The van der Waals surface area contributed by atoms with Crippen molar-refractivity contribution in [3.63, 3.8) is 0 Å². The first-order valence-corrected chi connectivity index (χ1v) is 6.71. The van der Waals surface area contributed by atoms with Gasteiger partial charge in [0.05, 0.1) is 7.11 Å². The Bertz CT molecular complexity index is 337. The summed E-state index contributed by atoms with van der Waals surface area (Å²) in [6.45, 7) is 2.07. The maximum absolute atomic E-state index is 8.66. The van der Waals surface area contributed by atoms with Gasteiger partial charge >= 0.3 is 0 Å². The smallest absolute Gasteiger partial charge is 0.123 e. The topological polar surface area (TPSA) is 41.5 Å². The third-order valence-electron chi connectivity index (χ3n) is 2.57. The van der Waals surface area contributed by atoms with Gasteiger partial charge in [0.1, 0.15) is 5.75 Å². The van der Waals surface area contributed by atoms with Crippen molar-refractivity contribution in [2.45, 2.75) is 25.8 Å². The largest absolute Gasteiger partial charge is 0.496 e. The number of aliphatic hydroxyl groups excluding tert-OH is 1. The van der Waals surface area contributed by atoms with Gasteiger partial charge in [-0.2, -0.15) is 0 Å². The minimum absolute atomic E-state index is 0. The second kappa shape index (κ2) is 10.6. The van der Waals surface area contributed by atoms with Crippen LogP contribution in [0.2, 0.25) is 0 Å². The van der Waals surface area contributed by atoms with E-state index in [2.05, 4.69) is 27.3 Å². The Morgan fingerprint density at radius 2 is 2.06 bits per heavy atom. The minimum Gasteiger partial charge on any atom is -0.496 e. The number of unbranched alkanes of at least 4 members (excludes halogenated alkanes) is 2. The summed E-state index contributed by atoms with van der Waals surface area (Å²) in [7, 11) is 1.69. The van der Waals surface area contributed by atoms with Crippen LogP contribution < -0.4 is 10.1 Å². The molecule has 0 aliphatic rings. The van der Waals surface area contributed by atoms with Crippen LogP contribution in [0.3, 0.4) is 0 Å². The monoisotopic (exact) mass is 337 g/mol. The SMILES string of the molecule is COc1ccc(Br)cc1CNCCCCCO.Cl. The molecular weight excluding hydrogens is 318 g/mol. The molecule has 104 valence electrons. The van der Waals surface area contributed by atoms with Crippen LogP contribution in [0.25, 0.3) is 0 Å². The Kier molecular flexibility index (Phi) is 10.4. The van der Waals surface area contributed by atoms with Gasteiger partial charge in [0.15, 0.2) is 0 Å². The summed E-state index contributed by atoms with van der Waals surface area (Å²) in [4.78, 5) is 0. The molecule has 0 aliphatic carbocycles. The summed E-state index contributed by atoms with van der Waals surface area (Å²) in [6, 6.07) is 6.01. The molecule has 0 spiro atoms. The highest BCUT2D eigenvalue weighted by Crippen LogP contribution is 2.22. The number of aliphatic hydroxyl groups is 1. The highest BCUT2D eigenvalue weighted by atomic mass is 79.9. The Morgan fingerprint density at radius 1 is 1.28 bits per heavy atom. The first kappa shape index (κ1) is 17.7. The van der Waals surface area contributed by atoms with Crippen molar-refractivity contribution in [1.82, 2.24) is 5.32 Å². The molecule has 0 heterocycles. The molecule has 0 bridgehead atoms. The normalized spacial score (nSPS) is 9.94. The van der Waals surface area contributed by atoms with Crippen LogP contribution >= 0.6 is 28.3 Å². The van der Waals surface area contributed by atoms with Crippen molar-refractivity contribution in [2.24, 2.45) is 0 Å². The van der Waals surface area contributed by atoms with E-state index >= 15 is 0 Å². The average Bonchev–Trinajstić information content (AvgIpc) is 2.34. The molecule has 1 rings (SSSR count). The van der Waals surface area contributed by atoms with Gasteiger partial charge in [-0.25, -0.2) is 0 Å². The highest BCUT2D eigenvalue weighted by molar-refractivity contribution is 9.10. The summed E-state index contributed by atoms with van der Waals surface area (Å²) in [5.74, 6) is 0.913. The third-order valence-corrected chi connectivity index (χ3v) is 3.06. The lowest BCUT2D eigenvalue weighted by molar-refractivity contribution is 0.283. The molecule has 0 saturated heterocycles. The van der Waals surface area contributed by atoms with Crippen LogP contribution in [-0.2, 0) is 6.54 Å². The standard InChI is InChI=1S/C13H20BrNO2.ClH/c1-17-13-6-5-12(14)9-11(13)10-15-7-3-2-4-8-16;/h5-6,9,15-16H,2-4,7-8,10H2,1H3;1H. The van der Waals surface area contributed by atoms with Gasteiger partial charge in [-0.15, -0.1) is 12.4 Å². The predicted molar refractivity (Wildman–Crippen MR) is 80.6 cm³/mol. The molecule has 0 unspecified atom stereocenters. The Hall–Kier alpha value is -0.290. The zero-order valence-electron chi connectivity index (χ0n) is 10.6. The molecule has 1 aromatic carbocycles. The number of hydrogen-bond donors (Lipinski definition) is 2.